The highest BCUT2D eigenvalue weighted by atomic mass is 32.1. The molecule has 0 radical (unpaired) electrons. The Morgan fingerprint density at radius 3 is 2.52 bits per heavy atom. The average Bonchev–Trinajstić information content (AvgIpc) is 2.90. The van der Waals surface area contributed by atoms with Crippen LogP contribution in [0, 0.1) is 0 Å². The zero-order valence-electron chi connectivity index (χ0n) is 11.9. The molecule has 2 aromatic carbocycles. The first-order valence-electron chi connectivity index (χ1n) is 6.69. The summed E-state index contributed by atoms with van der Waals surface area (Å²) in [5, 5.41) is 22.4. The maximum absolute atomic E-state index is 12.5. The SMILES string of the molecule is Nc1nc(Nc2ccccc2)sc1C(=O)c1ccc(O)c(O)c1. The van der Waals surface area contributed by atoms with E-state index in [1.165, 1.54) is 18.2 Å². The van der Waals surface area contributed by atoms with Gasteiger partial charge in [0.25, 0.3) is 0 Å². The fourth-order valence-corrected chi connectivity index (χ4v) is 2.86. The van der Waals surface area contributed by atoms with Gasteiger partial charge in [-0.3, -0.25) is 4.79 Å². The van der Waals surface area contributed by atoms with E-state index in [9.17, 15) is 15.0 Å². The second-order valence-corrected chi connectivity index (χ2v) is 5.76. The van der Waals surface area contributed by atoms with Crippen molar-refractivity contribution in [2.45, 2.75) is 0 Å². The van der Waals surface area contributed by atoms with Crippen LogP contribution in [0.25, 0.3) is 0 Å². The molecule has 23 heavy (non-hydrogen) atoms. The molecule has 0 spiro atoms. The predicted octanol–water partition coefficient (Wildman–Crippen LogP) is 3.11. The van der Waals surface area contributed by atoms with Crippen molar-refractivity contribution in [1.29, 1.82) is 0 Å². The fourth-order valence-electron chi connectivity index (χ4n) is 1.99. The summed E-state index contributed by atoms with van der Waals surface area (Å²) in [5.74, 6) is -0.894. The number of thiazole rings is 1. The topological polar surface area (TPSA) is 108 Å². The van der Waals surface area contributed by atoms with Gasteiger partial charge in [-0.25, -0.2) is 4.98 Å². The second-order valence-electron chi connectivity index (χ2n) is 4.76. The largest absolute Gasteiger partial charge is 0.504 e. The molecule has 0 amide bonds. The molecule has 0 saturated heterocycles. The van der Waals surface area contributed by atoms with E-state index >= 15 is 0 Å². The highest BCUT2D eigenvalue weighted by molar-refractivity contribution is 7.18. The molecule has 7 heteroatoms. The van der Waals surface area contributed by atoms with Crippen LogP contribution in [0.3, 0.4) is 0 Å². The number of aromatic nitrogens is 1. The van der Waals surface area contributed by atoms with Gasteiger partial charge in [-0.2, -0.15) is 0 Å². The lowest BCUT2D eigenvalue weighted by Crippen LogP contribution is -2.02. The van der Waals surface area contributed by atoms with Gasteiger partial charge in [-0.15, -0.1) is 0 Å². The molecule has 0 saturated carbocycles. The summed E-state index contributed by atoms with van der Waals surface area (Å²) in [7, 11) is 0. The fraction of sp³-hybridized carbons (Fsp3) is 0. The van der Waals surface area contributed by atoms with Crippen LogP contribution in [0.4, 0.5) is 16.6 Å². The van der Waals surface area contributed by atoms with Gasteiger partial charge >= 0.3 is 0 Å². The number of nitrogens with one attached hydrogen (secondary N) is 1. The monoisotopic (exact) mass is 327 g/mol. The van der Waals surface area contributed by atoms with Crippen molar-refractivity contribution in [2.24, 2.45) is 0 Å². The lowest BCUT2D eigenvalue weighted by atomic mass is 10.1. The number of rotatable bonds is 4. The number of nitrogens with two attached hydrogens (primary N) is 1. The van der Waals surface area contributed by atoms with Crippen molar-refractivity contribution < 1.29 is 15.0 Å². The van der Waals surface area contributed by atoms with E-state index in [4.69, 9.17) is 5.73 Å². The first-order chi connectivity index (χ1) is 11.0. The van der Waals surface area contributed by atoms with Crippen LogP contribution < -0.4 is 11.1 Å². The van der Waals surface area contributed by atoms with Gasteiger partial charge in [-0.1, -0.05) is 29.5 Å². The Bertz CT molecular complexity index is 862. The summed E-state index contributed by atoms with van der Waals surface area (Å²) >= 11 is 1.13. The molecular weight excluding hydrogens is 314 g/mol. The maximum Gasteiger partial charge on any atom is 0.206 e. The maximum atomic E-state index is 12.5. The molecular formula is C16H13N3O3S. The van der Waals surface area contributed by atoms with Gasteiger partial charge in [0.1, 0.15) is 10.7 Å². The molecule has 6 nitrogen and oxygen atoms in total. The van der Waals surface area contributed by atoms with Crippen LogP contribution >= 0.6 is 11.3 Å². The van der Waals surface area contributed by atoms with Gasteiger partial charge < -0.3 is 21.3 Å². The lowest BCUT2D eigenvalue weighted by Gasteiger charge is -2.02. The molecule has 0 unspecified atom stereocenters. The summed E-state index contributed by atoms with van der Waals surface area (Å²) in [5.41, 5.74) is 6.89. The number of phenols is 2. The summed E-state index contributed by atoms with van der Waals surface area (Å²) in [4.78, 5) is 16.9. The third kappa shape index (κ3) is 3.09. The van der Waals surface area contributed by atoms with Gasteiger partial charge in [0.05, 0.1) is 0 Å². The third-order valence-electron chi connectivity index (χ3n) is 3.12. The van der Waals surface area contributed by atoms with Gasteiger partial charge in [0, 0.05) is 11.3 Å². The van der Waals surface area contributed by atoms with Crippen molar-refractivity contribution in [3.63, 3.8) is 0 Å². The first kappa shape index (κ1) is 14.9. The minimum absolute atomic E-state index is 0.117. The molecule has 1 aromatic heterocycles. The predicted molar refractivity (Wildman–Crippen MR) is 89.5 cm³/mol. The number of anilines is 3. The summed E-state index contributed by atoms with van der Waals surface area (Å²) in [6.45, 7) is 0. The molecule has 116 valence electrons. The molecule has 0 aliphatic carbocycles. The van der Waals surface area contributed by atoms with Crippen molar-refractivity contribution in [3.05, 3.63) is 59.0 Å². The average molecular weight is 327 g/mol. The molecule has 0 aliphatic heterocycles. The number of aromatic hydroxyl groups is 2. The van der Waals surface area contributed by atoms with Crippen LogP contribution in [0.5, 0.6) is 11.5 Å². The van der Waals surface area contributed by atoms with Crippen LogP contribution in [-0.2, 0) is 0 Å². The van der Waals surface area contributed by atoms with E-state index in [2.05, 4.69) is 10.3 Å². The molecule has 0 aliphatic rings. The minimum atomic E-state index is -0.364. The second kappa shape index (κ2) is 5.98. The normalized spacial score (nSPS) is 10.4. The van der Waals surface area contributed by atoms with E-state index in [0.717, 1.165) is 17.0 Å². The third-order valence-corrected chi connectivity index (χ3v) is 4.11. The van der Waals surface area contributed by atoms with Crippen molar-refractivity contribution in [2.75, 3.05) is 11.1 Å². The minimum Gasteiger partial charge on any atom is -0.504 e. The van der Waals surface area contributed by atoms with Gasteiger partial charge in [0.15, 0.2) is 16.6 Å². The zero-order valence-corrected chi connectivity index (χ0v) is 12.7. The van der Waals surface area contributed by atoms with Crippen LogP contribution in [0.1, 0.15) is 15.2 Å². The van der Waals surface area contributed by atoms with Gasteiger partial charge in [-0.05, 0) is 30.3 Å². The number of hydrogen-bond donors (Lipinski definition) is 4. The Kier molecular flexibility index (Phi) is 3.86. The molecule has 3 aromatic rings. The van der Waals surface area contributed by atoms with Gasteiger partial charge in [0.2, 0.25) is 5.78 Å². The van der Waals surface area contributed by atoms with E-state index in [-0.39, 0.29) is 33.5 Å². The summed E-state index contributed by atoms with van der Waals surface area (Å²) in [6.07, 6.45) is 0. The number of ketones is 1. The number of benzene rings is 2. The Morgan fingerprint density at radius 2 is 1.83 bits per heavy atom. The van der Waals surface area contributed by atoms with E-state index < -0.39 is 0 Å². The van der Waals surface area contributed by atoms with Crippen LogP contribution in [0.15, 0.2) is 48.5 Å². The molecule has 1 heterocycles. The Morgan fingerprint density at radius 1 is 1.09 bits per heavy atom. The smallest absolute Gasteiger partial charge is 0.206 e. The summed E-state index contributed by atoms with van der Waals surface area (Å²) in [6, 6.07) is 13.3. The van der Waals surface area contributed by atoms with Crippen molar-refractivity contribution in [1.82, 2.24) is 4.98 Å². The highest BCUT2D eigenvalue weighted by Crippen LogP contribution is 2.32. The number of para-hydroxylation sites is 1. The molecule has 0 fully saturated rings. The number of phenolic OH excluding ortho intramolecular Hbond substituents is 2. The van der Waals surface area contributed by atoms with Crippen LogP contribution in [-0.4, -0.2) is 21.0 Å². The van der Waals surface area contributed by atoms with Crippen LogP contribution in [0.2, 0.25) is 0 Å². The first-order valence-corrected chi connectivity index (χ1v) is 7.51. The number of nitrogen functional groups attached to an aromatic ring is 1. The summed E-state index contributed by atoms with van der Waals surface area (Å²) < 4.78 is 0. The molecule has 0 atom stereocenters. The van der Waals surface area contributed by atoms with Crippen molar-refractivity contribution >= 4 is 33.8 Å². The van der Waals surface area contributed by atoms with Crippen molar-refractivity contribution in [3.8, 4) is 11.5 Å². The molecule has 3 rings (SSSR count). The number of hydrogen-bond acceptors (Lipinski definition) is 7. The lowest BCUT2D eigenvalue weighted by molar-refractivity contribution is 0.104. The van der Waals surface area contributed by atoms with E-state index in [1.54, 1.807) is 0 Å². The highest BCUT2D eigenvalue weighted by Gasteiger charge is 2.19. The number of nitrogens with zero attached hydrogens (tertiary/aromatic N) is 1. The van der Waals surface area contributed by atoms with E-state index in [1.807, 2.05) is 30.3 Å². The quantitative estimate of drug-likeness (QED) is 0.433. The standard InChI is InChI=1S/C16H13N3O3S/c17-15-14(13(22)9-6-7-11(20)12(21)8-9)23-16(19-15)18-10-4-2-1-3-5-10/h1-8,20-21H,17H2,(H,18,19). The Balaban J connectivity index is 1.88. The molecule has 5 N–H and O–H groups in total. The Labute approximate surface area is 135 Å². The van der Waals surface area contributed by atoms with E-state index in [0.29, 0.717) is 5.13 Å². The number of carbonyl (C=O) groups excluding carboxylic acids is 1. The zero-order chi connectivity index (χ0) is 16.4. The Hall–Kier alpha value is -3.06. The number of carbonyl (C=O) groups is 1. The molecule has 0 bridgehead atoms.